The molecule has 0 unspecified atom stereocenters. The highest BCUT2D eigenvalue weighted by atomic mass is 16.5. The van der Waals surface area contributed by atoms with Crippen molar-refractivity contribution in [2.75, 3.05) is 19.1 Å². The second kappa shape index (κ2) is 5.80. The van der Waals surface area contributed by atoms with Crippen LogP contribution in [0, 0.1) is 11.3 Å². The number of anilines is 2. The van der Waals surface area contributed by atoms with Crippen LogP contribution >= 0.6 is 0 Å². The normalized spacial score (nSPS) is 9.65. The van der Waals surface area contributed by atoms with Crippen molar-refractivity contribution in [3.63, 3.8) is 0 Å². The van der Waals surface area contributed by atoms with E-state index in [1.54, 1.807) is 17.0 Å². The maximum absolute atomic E-state index is 11.3. The predicted octanol–water partition coefficient (Wildman–Crippen LogP) is 1.90. The molecule has 0 radical (unpaired) electrons. The summed E-state index contributed by atoms with van der Waals surface area (Å²) in [4.78, 5) is 21.2. The Kier molecular flexibility index (Phi) is 3.91. The van der Waals surface area contributed by atoms with Gasteiger partial charge in [0.05, 0.1) is 31.1 Å². The second-order valence-corrected chi connectivity index (χ2v) is 3.97. The molecule has 0 amide bonds. The number of esters is 1. The van der Waals surface area contributed by atoms with Crippen molar-refractivity contribution < 1.29 is 9.53 Å². The van der Waals surface area contributed by atoms with Gasteiger partial charge in [-0.25, -0.2) is 14.8 Å². The van der Waals surface area contributed by atoms with Gasteiger partial charge in [0, 0.05) is 12.7 Å². The molecular weight excluding hydrogens is 256 g/mol. The van der Waals surface area contributed by atoms with Gasteiger partial charge in [0.25, 0.3) is 0 Å². The van der Waals surface area contributed by atoms with E-state index >= 15 is 0 Å². The number of carbonyl (C=O) groups is 1. The fourth-order valence-corrected chi connectivity index (χ4v) is 1.60. The molecule has 6 heteroatoms. The molecule has 0 saturated carbocycles. The fourth-order valence-electron chi connectivity index (χ4n) is 1.60. The molecule has 1 heterocycles. The van der Waals surface area contributed by atoms with Gasteiger partial charge in [-0.3, -0.25) is 0 Å². The Morgan fingerprint density at radius 3 is 2.45 bits per heavy atom. The summed E-state index contributed by atoms with van der Waals surface area (Å²) < 4.78 is 4.56. The van der Waals surface area contributed by atoms with Gasteiger partial charge in [0.1, 0.15) is 0 Å². The summed E-state index contributed by atoms with van der Waals surface area (Å²) in [5.74, 6) is 0.0624. The number of carbonyl (C=O) groups excluding carboxylic acids is 1. The third-order valence-corrected chi connectivity index (χ3v) is 2.76. The van der Waals surface area contributed by atoms with Crippen LogP contribution in [0.1, 0.15) is 16.1 Å². The third-order valence-electron chi connectivity index (χ3n) is 2.76. The van der Waals surface area contributed by atoms with Gasteiger partial charge in [-0.15, -0.1) is 0 Å². The zero-order valence-electron chi connectivity index (χ0n) is 11.1. The highest BCUT2D eigenvalue weighted by Gasteiger charge is 2.10. The van der Waals surface area contributed by atoms with Gasteiger partial charge in [-0.05, 0) is 24.3 Å². The number of hydrogen-bond acceptors (Lipinski definition) is 6. The summed E-state index contributed by atoms with van der Waals surface area (Å²) in [6.07, 6.45) is 2.85. The molecule has 0 aliphatic rings. The number of hydrogen-bond donors (Lipinski definition) is 0. The molecule has 2 rings (SSSR count). The molecule has 0 aliphatic heterocycles. The topological polar surface area (TPSA) is 79.1 Å². The van der Waals surface area contributed by atoms with Crippen molar-refractivity contribution in [3.05, 3.63) is 47.9 Å². The lowest BCUT2D eigenvalue weighted by atomic mass is 10.2. The van der Waals surface area contributed by atoms with Crippen LogP contribution in [0.5, 0.6) is 0 Å². The monoisotopic (exact) mass is 268 g/mol. The van der Waals surface area contributed by atoms with Crippen molar-refractivity contribution in [1.29, 1.82) is 5.26 Å². The summed E-state index contributed by atoms with van der Waals surface area (Å²) in [7, 11) is 3.12. The first-order chi connectivity index (χ1) is 9.65. The number of methoxy groups -OCH3 is 1. The number of rotatable bonds is 3. The van der Waals surface area contributed by atoms with E-state index in [4.69, 9.17) is 5.26 Å². The van der Waals surface area contributed by atoms with E-state index in [-0.39, 0.29) is 5.69 Å². The van der Waals surface area contributed by atoms with Crippen LogP contribution in [0.4, 0.5) is 11.5 Å². The Labute approximate surface area is 116 Å². The molecule has 6 nitrogen and oxygen atoms in total. The Morgan fingerprint density at radius 2 is 1.95 bits per heavy atom. The molecule has 0 spiro atoms. The smallest absolute Gasteiger partial charge is 0.358 e. The van der Waals surface area contributed by atoms with E-state index in [0.29, 0.717) is 11.4 Å². The summed E-state index contributed by atoms with van der Waals surface area (Å²) in [5, 5.41) is 8.76. The largest absolute Gasteiger partial charge is 0.464 e. The van der Waals surface area contributed by atoms with Crippen LogP contribution in [0.2, 0.25) is 0 Å². The average Bonchev–Trinajstić information content (AvgIpc) is 2.53. The van der Waals surface area contributed by atoms with Gasteiger partial charge in [-0.1, -0.05) is 0 Å². The molecular formula is C14H12N4O2. The van der Waals surface area contributed by atoms with Crippen LogP contribution in [0.3, 0.4) is 0 Å². The first kappa shape index (κ1) is 13.5. The van der Waals surface area contributed by atoms with E-state index in [0.717, 1.165) is 5.69 Å². The maximum Gasteiger partial charge on any atom is 0.358 e. The Bertz CT molecular complexity index is 644. The van der Waals surface area contributed by atoms with Crippen LogP contribution < -0.4 is 4.90 Å². The predicted molar refractivity (Wildman–Crippen MR) is 72.6 cm³/mol. The molecule has 0 aliphatic carbocycles. The van der Waals surface area contributed by atoms with Gasteiger partial charge in [-0.2, -0.15) is 5.26 Å². The third kappa shape index (κ3) is 2.72. The summed E-state index contributed by atoms with van der Waals surface area (Å²) in [6, 6.07) is 9.14. The van der Waals surface area contributed by atoms with Crippen molar-refractivity contribution in [2.24, 2.45) is 0 Å². The zero-order chi connectivity index (χ0) is 14.5. The first-order valence-corrected chi connectivity index (χ1v) is 5.80. The highest BCUT2D eigenvalue weighted by Crippen LogP contribution is 2.21. The van der Waals surface area contributed by atoms with E-state index in [9.17, 15) is 4.79 Å². The number of ether oxygens (including phenoxy) is 1. The van der Waals surface area contributed by atoms with Crippen LogP contribution in [0.15, 0.2) is 36.7 Å². The minimum absolute atomic E-state index is 0.157. The van der Waals surface area contributed by atoms with Crippen LogP contribution in [0.25, 0.3) is 0 Å². The van der Waals surface area contributed by atoms with Gasteiger partial charge >= 0.3 is 5.97 Å². The molecule has 0 saturated heterocycles. The fraction of sp³-hybridized carbons (Fsp3) is 0.143. The number of nitriles is 1. The average molecular weight is 268 g/mol. The standard InChI is InChI=1S/C14H12N4O2/c1-18(11-5-3-10(7-15)4-6-11)13-9-16-12(8-17-13)14(19)20-2/h3-6,8-9H,1-2H3. The Balaban J connectivity index is 2.22. The molecule has 0 atom stereocenters. The molecule has 20 heavy (non-hydrogen) atoms. The van der Waals surface area contributed by atoms with Gasteiger partial charge in [0.15, 0.2) is 11.5 Å². The van der Waals surface area contributed by atoms with Crippen molar-refractivity contribution in [3.8, 4) is 6.07 Å². The summed E-state index contributed by atoms with van der Waals surface area (Å²) in [6.45, 7) is 0. The molecule has 100 valence electrons. The van der Waals surface area contributed by atoms with Crippen molar-refractivity contribution in [2.45, 2.75) is 0 Å². The minimum Gasteiger partial charge on any atom is -0.464 e. The minimum atomic E-state index is -0.523. The van der Waals surface area contributed by atoms with Crippen LogP contribution in [-0.2, 0) is 4.74 Å². The molecule has 1 aromatic heterocycles. The summed E-state index contributed by atoms with van der Waals surface area (Å²) >= 11 is 0. The Hall–Kier alpha value is -2.94. The van der Waals surface area contributed by atoms with E-state index in [2.05, 4.69) is 20.8 Å². The molecule has 0 fully saturated rings. The Morgan fingerprint density at radius 1 is 1.25 bits per heavy atom. The van der Waals surface area contributed by atoms with Crippen molar-refractivity contribution >= 4 is 17.5 Å². The number of nitrogens with zero attached hydrogens (tertiary/aromatic N) is 4. The number of aromatic nitrogens is 2. The molecule has 0 bridgehead atoms. The zero-order valence-corrected chi connectivity index (χ0v) is 11.1. The lowest BCUT2D eigenvalue weighted by molar-refractivity contribution is 0.0593. The maximum atomic E-state index is 11.3. The molecule has 1 aromatic carbocycles. The lowest BCUT2D eigenvalue weighted by Gasteiger charge is -2.17. The summed E-state index contributed by atoms with van der Waals surface area (Å²) in [5.41, 5.74) is 1.61. The SMILES string of the molecule is COC(=O)c1cnc(N(C)c2ccc(C#N)cc2)cn1. The van der Waals surface area contributed by atoms with Gasteiger partial charge < -0.3 is 9.64 Å². The quantitative estimate of drug-likeness (QED) is 0.791. The second-order valence-electron chi connectivity index (χ2n) is 3.97. The van der Waals surface area contributed by atoms with E-state index in [1.165, 1.54) is 19.5 Å². The highest BCUT2D eigenvalue weighted by molar-refractivity contribution is 5.86. The van der Waals surface area contributed by atoms with Gasteiger partial charge in [0.2, 0.25) is 0 Å². The van der Waals surface area contributed by atoms with E-state index < -0.39 is 5.97 Å². The lowest BCUT2D eigenvalue weighted by Crippen LogP contribution is -2.13. The van der Waals surface area contributed by atoms with Crippen molar-refractivity contribution in [1.82, 2.24) is 9.97 Å². The van der Waals surface area contributed by atoms with Crippen LogP contribution in [-0.4, -0.2) is 30.1 Å². The first-order valence-electron chi connectivity index (χ1n) is 5.80. The molecule has 0 N–H and O–H groups in total. The number of benzene rings is 1. The van der Waals surface area contributed by atoms with E-state index in [1.807, 2.05) is 19.2 Å². The molecule has 2 aromatic rings.